The molecular formula is CGeI3. The van der Waals surface area contributed by atoms with Gasteiger partial charge in [-0.1, -0.05) is 0 Å². The summed E-state index contributed by atoms with van der Waals surface area (Å²) in [4.78, 5) is 0. The van der Waals surface area contributed by atoms with Crippen molar-refractivity contribution < 1.29 is 0 Å². The molecule has 0 nitrogen and oxygen atoms in total. The summed E-state index contributed by atoms with van der Waals surface area (Å²) in [7, 11) is 0. The van der Waals surface area contributed by atoms with Crippen LogP contribution in [0.1, 0.15) is 0 Å². The minimum absolute atomic E-state index is 0.410. The Balaban J connectivity index is 3.02. The quantitative estimate of drug-likeness (QED) is 0.292. The zero-order valence-electron chi connectivity index (χ0n) is 2.13. The van der Waals surface area contributed by atoms with E-state index < -0.39 is 0 Å². The summed E-state index contributed by atoms with van der Waals surface area (Å²) in [5.74, 6) is 0. The average Bonchev–Trinajstić information content (AvgIpc) is 0.722. The summed E-state index contributed by atoms with van der Waals surface area (Å²) in [6, 6.07) is 0. The Kier molecular flexibility index (Phi) is 4.49. The first-order chi connectivity index (χ1) is 2.00. The number of halogens is 3. The van der Waals surface area contributed by atoms with Crippen LogP contribution in [0.5, 0.6) is 0 Å². The van der Waals surface area contributed by atoms with Crippen molar-refractivity contribution in [2.24, 2.45) is 0 Å². The normalized spacial score (nSPS) is 12.0. The van der Waals surface area contributed by atoms with Gasteiger partial charge in [0, 0.05) is 0 Å². The molecule has 0 bridgehead atoms. The number of rotatable bonds is 0. The monoisotopic (exact) mass is 467 g/mol. The molecule has 29 valence electrons. The van der Waals surface area contributed by atoms with Gasteiger partial charge >= 0.3 is 82.6 Å². The van der Waals surface area contributed by atoms with Crippen molar-refractivity contribution in [2.75, 3.05) is 0 Å². The maximum atomic E-state index is 2.35. The fraction of sp³-hybridized carbons (Fsp3) is 1.00. The van der Waals surface area contributed by atoms with Crippen LogP contribution in [0.25, 0.3) is 0 Å². The van der Waals surface area contributed by atoms with Crippen LogP contribution in [0, 0.1) is 0 Å². The summed E-state index contributed by atoms with van der Waals surface area (Å²) in [6.07, 6.45) is 0. The van der Waals surface area contributed by atoms with Gasteiger partial charge in [-0.05, 0) is 0 Å². The molecule has 0 rings (SSSR count). The Labute approximate surface area is 80.9 Å². The molecule has 0 atom stereocenters. The number of hydrogen-bond acceptors (Lipinski definition) is 0. The molecule has 0 aliphatic carbocycles. The average molecular weight is 465 g/mol. The van der Waals surface area contributed by atoms with Gasteiger partial charge in [0.1, 0.15) is 0 Å². The van der Waals surface area contributed by atoms with E-state index in [1.54, 1.807) is 0 Å². The SMILES string of the molecule is [Ge][C](I)(I)I. The van der Waals surface area contributed by atoms with Crippen LogP contribution in [0.4, 0.5) is 0 Å². The van der Waals surface area contributed by atoms with Gasteiger partial charge in [-0.2, -0.15) is 0 Å². The summed E-state index contributed by atoms with van der Waals surface area (Å²) in [5.41, 5.74) is 0. The van der Waals surface area contributed by atoms with Gasteiger partial charge in [0.2, 0.25) is 0 Å². The molecular weight excluding hydrogens is 465 g/mol. The van der Waals surface area contributed by atoms with E-state index in [1.807, 2.05) is 0 Å². The van der Waals surface area contributed by atoms with E-state index in [4.69, 9.17) is 0 Å². The molecule has 0 aromatic heterocycles. The molecule has 0 saturated carbocycles. The molecule has 0 aromatic carbocycles. The van der Waals surface area contributed by atoms with Gasteiger partial charge in [0.15, 0.2) is 0 Å². The first-order valence-electron chi connectivity index (χ1n) is 0.817. The molecule has 0 unspecified atom stereocenters. The third-order valence-corrected chi connectivity index (χ3v) is 0. The Morgan fingerprint density at radius 1 is 1.20 bits per heavy atom. The topological polar surface area (TPSA) is 0 Å². The Morgan fingerprint density at radius 2 is 1.20 bits per heavy atom. The van der Waals surface area contributed by atoms with Crippen molar-refractivity contribution in [3.05, 3.63) is 0 Å². The van der Waals surface area contributed by atoms with E-state index >= 15 is 0 Å². The Hall–Kier alpha value is 2.73. The second-order valence-corrected chi connectivity index (χ2v) is 19.5. The third kappa shape index (κ3) is 20.2. The van der Waals surface area contributed by atoms with Gasteiger partial charge in [-0.3, -0.25) is 0 Å². The standard InChI is InChI=1S/CGeI3/c2-1(3,4)5. The van der Waals surface area contributed by atoms with E-state index in [9.17, 15) is 0 Å². The van der Waals surface area contributed by atoms with E-state index in [-0.39, 0.29) is 0 Å². The fourth-order valence-corrected chi connectivity index (χ4v) is 0. The van der Waals surface area contributed by atoms with Crippen molar-refractivity contribution in [3.63, 3.8) is 0 Å². The predicted molar refractivity (Wildman–Crippen MR) is 50.5 cm³/mol. The molecule has 5 heavy (non-hydrogen) atoms. The van der Waals surface area contributed by atoms with Gasteiger partial charge in [-0.25, -0.2) is 0 Å². The summed E-state index contributed by atoms with van der Waals surface area (Å²) in [5, 5.41) is 0. The van der Waals surface area contributed by atoms with Gasteiger partial charge in [0.25, 0.3) is 0 Å². The molecule has 0 spiro atoms. The molecule has 0 aromatic rings. The van der Waals surface area contributed by atoms with Crippen LogP contribution >= 0.6 is 67.8 Å². The third-order valence-electron chi connectivity index (χ3n) is 0. The number of hydrogen-bond donors (Lipinski definition) is 0. The van der Waals surface area contributed by atoms with Crippen molar-refractivity contribution in [2.45, 2.75) is -1.73 Å². The zero-order valence-corrected chi connectivity index (χ0v) is 10.7. The van der Waals surface area contributed by atoms with E-state index in [1.165, 1.54) is 0 Å². The summed E-state index contributed by atoms with van der Waals surface area (Å²) >= 11 is 9.20. The van der Waals surface area contributed by atoms with Crippen LogP contribution in [0.3, 0.4) is 0 Å². The Morgan fingerprint density at radius 3 is 1.20 bits per heavy atom. The van der Waals surface area contributed by atoms with Gasteiger partial charge < -0.3 is 0 Å². The molecule has 0 amide bonds. The maximum absolute atomic E-state index is 2.35. The molecule has 0 aliphatic rings. The molecule has 3 radical (unpaired) electrons. The van der Waals surface area contributed by atoms with E-state index in [0.717, 1.165) is 0 Å². The van der Waals surface area contributed by atoms with Crippen LogP contribution in [0.15, 0.2) is 0 Å². The Bertz CT molecular complexity index is 22.4. The van der Waals surface area contributed by atoms with Gasteiger partial charge in [-0.15, -0.1) is 0 Å². The zero-order chi connectivity index (χ0) is 4.50. The van der Waals surface area contributed by atoms with Gasteiger partial charge in [0.05, 0.1) is 0 Å². The number of alkyl halides is 3. The molecule has 0 heterocycles. The molecule has 4 heteroatoms. The minimum atomic E-state index is 0.410. The second kappa shape index (κ2) is 2.90. The molecule has 0 aliphatic heterocycles. The predicted octanol–water partition coefficient (Wildman–Crippen LogP) is 2.07. The van der Waals surface area contributed by atoms with E-state index in [2.05, 4.69) is 84.3 Å². The fourth-order valence-electron chi connectivity index (χ4n) is 0. The van der Waals surface area contributed by atoms with Crippen LogP contribution in [-0.4, -0.2) is 14.8 Å². The summed E-state index contributed by atoms with van der Waals surface area (Å²) < 4.78 is 0.410. The molecule has 0 fully saturated rings. The first kappa shape index (κ1) is 7.73. The summed E-state index contributed by atoms with van der Waals surface area (Å²) in [6.45, 7) is 0. The van der Waals surface area contributed by atoms with E-state index in [0.29, 0.717) is -1.73 Å². The van der Waals surface area contributed by atoms with Crippen LogP contribution in [0.2, 0.25) is 0 Å². The van der Waals surface area contributed by atoms with Crippen molar-refractivity contribution in [1.82, 2.24) is 0 Å². The van der Waals surface area contributed by atoms with Crippen LogP contribution in [-0.2, 0) is 0 Å². The van der Waals surface area contributed by atoms with Crippen molar-refractivity contribution in [1.29, 1.82) is 0 Å². The van der Waals surface area contributed by atoms with Crippen LogP contribution < -0.4 is 0 Å². The first-order valence-corrected chi connectivity index (χ1v) is 5.10. The van der Waals surface area contributed by atoms with Crippen molar-refractivity contribution in [3.8, 4) is 0 Å². The van der Waals surface area contributed by atoms with Crippen molar-refractivity contribution >= 4 is 84.3 Å². The second-order valence-electron chi connectivity index (χ2n) is 0.498. The molecule has 0 saturated heterocycles. The molecule has 0 N–H and O–H groups in total.